The van der Waals surface area contributed by atoms with Gasteiger partial charge in [0.25, 0.3) is 0 Å². The van der Waals surface area contributed by atoms with Crippen LogP contribution in [0.5, 0.6) is 5.75 Å². The number of hydrogen-bond acceptors (Lipinski definition) is 3. The molecule has 1 unspecified atom stereocenters. The minimum Gasteiger partial charge on any atom is -0.494 e. The van der Waals surface area contributed by atoms with Gasteiger partial charge in [-0.1, -0.05) is 17.7 Å². The van der Waals surface area contributed by atoms with E-state index in [1.165, 1.54) is 12.0 Å². The molecule has 1 saturated heterocycles. The summed E-state index contributed by atoms with van der Waals surface area (Å²) in [6.45, 7) is 4.30. The summed E-state index contributed by atoms with van der Waals surface area (Å²) in [4.78, 5) is 0. The summed E-state index contributed by atoms with van der Waals surface area (Å²) in [6, 6.07) is 8.12. The van der Waals surface area contributed by atoms with Crippen LogP contribution in [0.25, 0.3) is 0 Å². The molecule has 0 aromatic heterocycles. The van der Waals surface area contributed by atoms with Gasteiger partial charge in [0, 0.05) is 13.0 Å². The van der Waals surface area contributed by atoms with Crippen molar-refractivity contribution in [2.45, 2.75) is 38.9 Å². The van der Waals surface area contributed by atoms with E-state index in [9.17, 15) is 0 Å². The molecule has 3 heteroatoms. The van der Waals surface area contributed by atoms with Crippen molar-refractivity contribution < 1.29 is 14.2 Å². The van der Waals surface area contributed by atoms with Crippen molar-refractivity contribution in [3.63, 3.8) is 0 Å². The molecule has 1 atom stereocenters. The summed E-state index contributed by atoms with van der Waals surface area (Å²) in [7, 11) is 0. The molecule has 0 radical (unpaired) electrons. The van der Waals surface area contributed by atoms with E-state index in [2.05, 4.69) is 19.1 Å². The predicted molar refractivity (Wildman–Crippen MR) is 70.8 cm³/mol. The minimum absolute atomic E-state index is 0.0122. The summed E-state index contributed by atoms with van der Waals surface area (Å²) in [6.07, 6.45) is 4.31. The van der Waals surface area contributed by atoms with Gasteiger partial charge < -0.3 is 14.2 Å². The van der Waals surface area contributed by atoms with Crippen LogP contribution in [0.15, 0.2) is 24.3 Å². The van der Waals surface area contributed by atoms with Gasteiger partial charge in [0.2, 0.25) is 0 Å². The van der Waals surface area contributed by atoms with Crippen LogP contribution < -0.4 is 4.74 Å². The Morgan fingerprint density at radius 3 is 2.72 bits per heavy atom. The number of benzene rings is 1. The monoisotopic (exact) mass is 250 g/mol. The van der Waals surface area contributed by atoms with Gasteiger partial charge in [-0.15, -0.1) is 0 Å². The van der Waals surface area contributed by atoms with Crippen LogP contribution in [0.2, 0.25) is 0 Å². The first-order valence-electron chi connectivity index (χ1n) is 6.77. The van der Waals surface area contributed by atoms with Gasteiger partial charge in [0.15, 0.2) is 6.29 Å². The van der Waals surface area contributed by atoms with Gasteiger partial charge in [-0.2, -0.15) is 0 Å². The molecule has 1 aliphatic heterocycles. The largest absolute Gasteiger partial charge is 0.494 e. The summed E-state index contributed by atoms with van der Waals surface area (Å²) in [5.41, 5.74) is 1.25. The standard InChI is InChI=1S/C15H22O3/c1-13-6-8-14(9-7-13)16-11-4-12-18-15-5-2-3-10-17-15/h6-9,15H,2-5,10-12H2,1H3. The van der Waals surface area contributed by atoms with Gasteiger partial charge in [-0.05, 0) is 38.3 Å². The van der Waals surface area contributed by atoms with Crippen LogP contribution in [0.4, 0.5) is 0 Å². The molecule has 1 fully saturated rings. The highest BCUT2D eigenvalue weighted by Crippen LogP contribution is 2.14. The highest BCUT2D eigenvalue weighted by atomic mass is 16.7. The minimum atomic E-state index is 0.0122. The zero-order valence-electron chi connectivity index (χ0n) is 11.1. The maximum absolute atomic E-state index is 5.64. The number of hydrogen-bond donors (Lipinski definition) is 0. The zero-order chi connectivity index (χ0) is 12.6. The highest BCUT2D eigenvalue weighted by Gasteiger charge is 2.13. The van der Waals surface area contributed by atoms with Gasteiger partial charge >= 0.3 is 0 Å². The summed E-state index contributed by atoms with van der Waals surface area (Å²) in [5, 5.41) is 0. The first-order chi connectivity index (χ1) is 8.84. The van der Waals surface area contributed by atoms with Crippen LogP contribution in [0.1, 0.15) is 31.2 Å². The molecule has 18 heavy (non-hydrogen) atoms. The van der Waals surface area contributed by atoms with Crippen LogP contribution in [-0.2, 0) is 9.47 Å². The van der Waals surface area contributed by atoms with Crippen molar-refractivity contribution in [1.29, 1.82) is 0 Å². The molecule has 100 valence electrons. The van der Waals surface area contributed by atoms with E-state index in [4.69, 9.17) is 14.2 Å². The quantitative estimate of drug-likeness (QED) is 0.725. The average Bonchev–Trinajstić information content (AvgIpc) is 2.42. The van der Waals surface area contributed by atoms with Crippen molar-refractivity contribution in [3.05, 3.63) is 29.8 Å². The lowest BCUT2D eigenvalue weighted by molar-refractivity contribution is -0.163. The molecule has 3 nitrogen and oxygen atoms in total. The third-order valence-electron chi connectivity index (χ3n) is 3.02. The lowest BCUT2D eigenvalue weighted by atomic mass is 10.2. The first kappa shape index (κ1) is 13.4. The lowest BCUT2D eigenvalue weighted by Gasteiger charge is -2.22. The molecule has 0 amide bonds. The van der Waals surface area contributed by atoms with Crippen LogP contribution in [0.3, 0.4) is 0 Å². The van der Waals surface area contributed by atoms with E-state index in [0.717, 1.165) is 31.6 Å². The Hall–Kier alpha value is -1.06. The normalized spacial score (nSPS) is 19.7. The van der Waals surface area contributed by atoms with Crippen LogP contribution in [0, 0.1) is 6.92 Å². The van der Waals surface area contributed by atoms with Crippen molar-refractivity contribution in [3.8, 4) is 5.75 Å². The van der Waals surface area contributed by atoms with Crippen LogP contribution in [-0.4, -0.2) is 26.1 Å². The summed E-state index contributed by atoms with van der Waals surface area (Å²) in [5.74, 6) is 0.925. The Balaban J connectivity index is 1.54. The van der Waals surface area contributed by atoms with E-state index in [1.54, 1.807) is 0 Å². The molecule has 0 bridgehead atoms. The smallest absolute Gasteiger partial charge is 0.157 e. The van der Waals surface area contributed by atoms with Gasteiger partial charge in [-0.3, -0.25) is 0 Å². The molecular formula is C15H22O3. The molecule has 0 saturated carbocycles. The molecular weight excluding hydrogens is 228 g/mol. The number of rotatable bonds is 6. The van der Waals surface area contributed by atoms with E-state index in [0.29, 0.717) is 13.2 Å². The predicted octanol–water partition coefficient (Wildman–Crippen LogP) is 3.31. The third kappa shape index (κ3) is 4.67. The van der Waals surface area contributed by atoms with Gasteiger partial charge in [0.1, 0.15) is 5.75 Å². The van der Waals surface area contributed by atoms with Gasteiger partial charge in [0.05, 0.1) is 13.2 Å². The van der Waals surface area contributed by atoms with Crippen molar-refractivity contribution in [2.75, 3.05) is 19.8 Å². The molecule has 0 spiro atoms. The number of ether oxygens (including phenoxy) is 3. The second-order valence-corrected chi connectivity index (χ2v) is 4.68. The topological polar surface area (TPSA) is 27.7 Å². The fourth-order valence-corrected chi connectivity index (χ4v) is 1.94. The fraction of sp³-hybridized carbons (Fsp3) is 0.600. The molecule has 0 N–H and O–H groups in total. The van der Waals surface area contributed by atoms with Crippen molar-refractivity contribution in [1.82, 2.24) is 0 Å². The molecule has 2 rings (SSSR count). The molecule has 1 aromatic rings. The Bertz CT molecular complexity index is 328. The average molecular weight is 250 g/mol. The van der Waals surface area contributed by atoms with E-state index in [-0.39, 0.29) is 6.29 Å². The Morgan fingerprint density at radius 2 is 2.00 bits per heavy atom. The second-order valence-electron chi connectivity index (χ2n) is 4.68. The molecule has 0 aliphatic carbocycles. The first-order valence-corrected chi connectivity index (χ1v) is 6.77. The highest BCUT2D eigenvalue weighted by molar-refractivity contribution is 5.26. The van der Waals surface area contributed by atoms with Crippen molar-refractivity contribution >= 4 is 0 Å². The third-order valence-corrected chi connectivity index (χ3v) is 3.02. The van der Waals surface area contributed by atoms with E-state index in [1.807, 2.05) is 12.1 Å². The second kappa shape index (κ2) is 7.39. The molecule has 1 aliphatic rings. The maximum Gasteiger partial charge on any atom is 0.157 e. The molecule has 1 aromatic carbocycles. The van der Waals surface area contributed by atoms with Crippen LogP contribution >= 0.6 is 0 Å². The maximum atomic E-state index is 5.64. The van der Waals surface area contributed by atoms with Gasteiger partial charge in [-0.25, -0.2) is 0 Å². The summed E-state index contributed by atoms with van der Waals surface area (Å²) < 4.78 is 16.8. The Kier molecular flexibility index (Phi) is 5.49. The van der Waals surface area contributed by atoms with E-state index < -0.39 is 0 Å². The van der Waals surface area contributed by atoms with E-state index >= 15 is 0 Å². The number of aryl methyl sites for hydroxylation is 1. The zero-order valence-corrected chi connectivity index (χ0v) is 11.1. The molecule has 1 heterocycles. The summed E-state index contributed by atoms with van der Waals surface area (Å²) >= 11 is 0. The van der Waals surface area contributed by atoms with Crippen molar-refractivity contribution in [2.24, 2.45) is 0 Å². The Labute approximate surface area is 109 Å². The fourth-order valence-electron chi connectivity index (χ4n) is 1.94. The Morgan fingerprint density at radius 1 is 1.17 bits per heavy atom. The SMILES string of the molecule is Cc1ccc(OCCCOC2CCCCO2)cc1. The lowest BCUT2D eigenvalue weighted by Crippen LogP contribution is -2.23.